The van der Waals surface area contributed by atoms with E-state index in [1.54, 1.807) is 35.2 Å². The monoisotopic (exact) mass is 452 g/mol. The largest absolute Gasteiger partial charge is 0.311 e. The van der Waals surface area contributed by atoms with Crippen molar-refractivity contribution in [3.05, 3.63) is 58.2 Å². The lowest BCUT2D eigenvalue weighted by atomic mass is 9.94. The zero-order valence-corrected chi connectivity index (χ0v) is 18.6. The van der Waals surface area contributed by atoms with Crippen molar-refractivity contribution in [1.29, 1.82) is 0 Å². The maximum absolute atomic E-state index is 13.7. The molecule has 6 nitrogen and oxygen atoms in total. The Morgan fingerprint density at radius 3 is 2.61 bits per heavy atom. The number of hydrogen-bond acceptors (Lipinski definition) is 5. The van der Waals surface area contributed by atoms with Crippen LogP contribution in [-0.4, -0.2) is 40.0 Å². The molecule has 158 valence electrons. The average molecular weight is 453 g/mol. The van der Waals surface area contributed by atoms with Gasteiger partial charge in [0.2, 0.25) is 0 Å². The number of amidine groups is 1. The van der Waals surface area contributed by atoms with Crippen LogP contribution in [-0.2, 0) is 9.59 Å². The number of benzene rings is 1. The maximum Gasteiger partial charge on any atom is 0.267 e. The van der Waals surface area contributed by atoms with Gasteiger partial charge in [-0.3, -0.25) is 14.5 Å². The fourth-order valence-corrected chi connectivity index (χ4v) is 5.73. The van der Waals surface area contributed by atoms with Crippen molar-refractivity contribution in [2.24, 2.45) is 4.99 Å². The van der Waals surface area contributed by atoms with E-state index in [9.17, 15) is 9.59 Å². The Labute approximate surface area is 190 Å². The number of rotatable bonds is 2. The van der Waals surface area contributed by atoms with Crippen LogP contribution in [0.5, 0.6) is 0 Å². The topological polar surface area (TPSA) is 65.9 Å². The third-order valence-corrected chi connectivity index (χ3v) is 7.33. The molecular formula is C23H21ClN4O2S. The third kappa shape index (κ3) is 3.46. The molecule has 1 saturated heterocycles. The van der Waals surface area contributed by atoms with E-state index in [-0.39, 0.29) is 23.0 Å². The maximum atomic E-state index is 13.7. The zero-order valence-electron chi connectivity index (χ0n) is 17.0. The summed E-state index contributed by atoms with van der Waals surface area (Å²) in [6.45, 7) is 0. The van der Waals surface area contributed by atoms with Gasteiger partial charge in [0.15, 0.2) is 10.3 Å². The Bertz CT molecular complexity index is 1140. The summed E-state index contributed by atoms with van der Waals surface area (Å²) in [5, 5.41) is 0.851. The molecule has 1 aliphatic carbocycles. The average Bonchev–Trinajstić information content (AvgIpc) is 3.24. The minimum absolute atomic E-state index is 0.0746. The Morgan fingerprint density at radius 1 is 1.06 bits per heavy atom. The second kappa shape index (κ2) is 8.13. The first-order chi connectivity index (χ1) is 15.1. The smallest absolute Gasteiger partial charge is 0.267 e. The van der Waals surface area contributed by atoms with Crippen LogP contribution in [0.4, 0.5) is 11.4 Å². The van der Waals surface area contributed by atoms with E-state index >= 15 is 0 Å². The van der Waals surface area contributed by atoms with Gasteiger partial charge in [0, 0.05) is 24.8 Å². The summed E-state index contributed by atoms with van der Waals surface area (Å²) in [6.07, 6.45) is 6.80. The molecular weight excluding hydrogens is 432 g/mol. The molecule has 0 spiro atoms. The van der Waals surface area contributed by atoms with Crippen LogP contribution in [0.2, 0.25) is 5.15 Å². The van der Waals surface area contributed by atoms with Gasteiger partial charge in [0.1, 0.15) is 5.69 Å². The van der Waals surface area contributed by atoms with Crippen LogP contribution >= 0.6 is 23.4 Å². The number of carbonyl (C=O) groups is 2. The summed E-state index contributed by atoms with van der Waals surface area (Å²) in [6, 6.07) is 11.2. The minimum atomic E-state index is -0.165. The molecule has 3 heterocycles. The van der Waals surface area contributed by atoms with Crippen molar-refractivity contribution in [2.75, 3.05) is 11.9 Å². The number of aromatic nitrogens is 1. The van der Waals surface area contributed by atoms with Crippen LogP contribution in [0.25, 0.3) is 5.57 Å². The van der Waals surface area contributed by atoms with Crippen molar-refractivity contribution in [2.45, 2.75) is 38.1 Å². The molecule has 8 heteroatoms. The number of para-hydroxylation sites is 1. The van der Waals surface area contributed by atoms with Gasteiger partial charge >= 0.3 is 0 Å². The predicted octanol–water partition coefficient (Wildman–Crippen LogP) is 5.02. The van der Waals surface area contributed by atoms with Gasteiger partial charge in [-0.1, -0.05) is 49.1 Å². The fourth-order valence-electron chi connectivity index (χ4n) is 4.43. The standard InChI is InChI=1S/C23H21ClN4O2S/c1-27-17-12-6-5-10-15(17)18(21(27)29)19-22(30)28(14-8-3-2-4-9-14)23(31-19)26-16-11-7-13-25-20(16)24/h5-7,10-14H,2-4,8-9H2,1H3/b19-18-,26-23?. The van der Waals surface area contributed by atoms with Gasteiger partial charge in [-0.05, 0) is 42.8 Å². The second-order valence-electron chi connectivity index (χ2n) is 7.86. The van der Waals surface area contributed by atoms with Crippen LogP contribution < -0.4 is 4.90 Å². The van der Waals surface area contributed by atoms with Crippen molar-refractivity contribution in [1.82, 2.24) is 9.88 Å². The van der Waals surface area contributed by atoms with Gasteiger partial charge < -0.3 is 4.90 Å². The molecule has 1 aromatic heterocycles. The zero-order chi connectivity index (χ0) is 21.5. The lowest BCUT2D eigenvalue weighted by Crippen LogP contribution is -2.40. The molecule has 0 radical (unpaired) electrons. The van der Waals surface area contributed by atoms with Crippen molar-refractivity contribution in [3.8, 4) is 0 Å². The molecule has 2 fully saturated rings. The highest BCUT2D eigenvalue weighted by Gasteiger charge is 2.44. The summed E-state index contributed by atoms with van der Waals surface area (Å²) in [4.78, 5) is 39.4. The number of aliphatic imine (C=N–C) groups is 1. The first-order valence-corrected chi connectivity index (χ1v) is 11.6. The van der Waals surface area contributed by atoms with Gasteiger partial charge in [-0.2, -0.15) is 0 Å². The summed E-state index contributed by atoms with van der Waals surface area (Å²) in [5.41, 5.74) is 2.57. The molecule has 2 aromatic rings. The fraction of sp³-hybridized carbons (Fsp3) is 0.304. The van der Waals surface area contributed by atoms with Gasteiger partial charge in [-0.15, -0.1) is 0 Å². The summed E-state index contributed by atoms with van der Waals surface area (Å²) in [7, 11) is 1.74. The Morgan fingerprint density at radius 2 is 1.84 bits per heavy atom. The van der Waals surface area contributed by atoms with Gasteiger partial charge in [0.05, 0.1) is 16.2 Å². The van der Waals surface area contributed by atoms with E-state index in [4.69, 9.17) is 16.6 Å². The van der Waals surface area contributed by atoms with Crippen molar-refractivity contribution >= 4 is 57.3 Å². The summed E-state index contributed by atoms with van der Waals surface area (Å²) < 4.78 is 0. The Hall–Kier alpha value is -2.64. The highest BCUT2D eigenvalue weighted by molar-refractivity contribution is 8.18. The number of carbonyl (C=O) groups excluding carboxylic acids is 2. The predicted molar refractivity (Wildman–Crippen MR) is 124 cm³/mol. The quantitative estimate of drug-likeness (QED) is 0.474. The first kappa shape index (κ1) is 20.3. The third-order valence-electron chi connectivity index (χ3n) is 5.99. The SMILES string of the molecule is CN1C(=O)/C(=C2\SC(=Nc3cccnc3Cl)N(C3CCCCC3)C2=O)c2ccccc21. The lowest BCUT2D eigenvalue weighted by molar-refractivity contribution is -0.124. The molecule has 3 aliphatic rings. The van der Waals surface area contributed by atoms with Gasteiger partial charge in [0.25, 0.3) is 11.8 Å². The molecule has 1 aromatic carbocycles. The molecule has 0 N–H and O–H groups in total. The number of thioether (sulfide) groups is 1. The van der Waals surface area contributed by atoms with E-state index in [0.717, 1.165) is 36.9 Å². The number of hydrogen-bond donors (Lipinski definition) is 0. The molecule has 0 unspecified atom stereocenters. The van der Waals surface area contributed by atoms with Crippen LogP contribution in [0, 0.1) is 0 Å². The number of pyridine rings is 1. The van der Waals surface area contributed by atoms with E-state index in [1.165, 1.54) is 18.2 Å². The number of anilines is 1. The number of amides is 2. The molecule has 0 bridgehead atoms. The van der Waals surface area contributed by atoms with Gasteiger partial charge in [-0.25, -0.2) is 9.98 Å². The minimum Gasteiger partial charge on any atom is -0.311 e. The molecule has 31 heavy (non-hydrogen) atoms. The Kier molecular flexibility index (Phi) is 5.32. The first-order valence-electron chi connectivity index (χ1n) is 10.4. The van der Waals surface area contributed by atoms with E-state index in [0.29, 0.717) is 21.3 Å². The van der Waals surface area contributed by atoms with Crippen molar-refractivity contribution < 1.29 is 9.59 Å². The van der Waals surface area contributed by atoms with E-state index in [2.05, 4.69) is 4.98 Å². The number of likely N-dealkylation sites (N-methyl/N-ethyl adjacent to an activating group) is 1. The van der Waals surface area contributed by atoms with Crippen molar-refractivity contribution in [3.63, 3.8) is 0 Å². The molecule has 1 saturated carbocycles. The summed E-state index contributed by atoms with van der Waals surface area (Å²) in [5.74, 6) is -0.314. The highest BCUT2D eigenvalue weighted by atomic mass is 35.5. The second-order valence-corrected chi connectivity index (χ2v) is 9.20. The molecule has 0 atom stereocenters. The number of halogens is 1. The van der Waals surface area contributed by atoms with Crippen LogP contribution in [0.3, 0.4) is 0 Å². The lowest BCUT2D eigenvalue weighted by Gasteiger charge is -2.30. The highest BCUT2D eigenvalue weighted by Crippen LogP contribution is 2.46. The summed E-state index contributed by atoms with van der Waals surface area (Å²) >= 11 is 7.50. The molecule has 5 rings (SSSR count). The molecule has 2 aliphatic heterocycles. The number of nitrogens with zero attached hydrogens (tertiary/aromatic N) is 4. The van der Waals surface area contributed by atoms with E-state index in [1.807, 2.05) is 24.3 Å². The normalized spacial score (nSPS) is 23.2. The molecule has 2 amide bonds. The Balaban J connectivity index is 1.64. The van der Waals surface area contributed by atoms with Crippen LogP contribution in [0.15, 0.2) is 52.5 Å². The van der Waals surface area contributed by atoms with E-state index < -0.39 is 0 Å². The number of fused-ring (bicyclic) bond motifs is 1. The van der Waals surface area contributed by atoms with Crippen LogP contribution in [0.1, 0.15) is 37.7 Å².